The highest BCUT2D eigenvalue weighted by Crippen LogP contribution is 2.27. The quantitative estimate of drug-likeness (QED) is 0.897. The summed E-state index contributed by atoms with van der Waals surface area (Å²) in [7, 11) is 0. The maximum atomic E-state index is 11.0. The number of fused-ring (bicyclic) bond motifs is 1. The first-order valence-electron chi connectivity index (χ1n) is 5.85. The fourth-order valence-electron chi connectivity index (χ4n) is 1.64. The van der Waals surface area contributed by atoms with Gasteiger partial charge in [0, 0.05) is 5.39 Å². The summed E-state index contributed by atoms with van der Waals surface area (Å²) in [5.74, 6) is -0.134. The molecule has 0 aliphatic heterocycles. The van der Waals surface area contributed by atoms with Gasteiger partial charge in [0.15, 0.2) is 0 Å². The van der Waals surface area contributed by atoms with E-state index in [1.807, 2.05) is 42.5 Å². The van der Waals surface area contributed by atoms with Gasteiger partial charge in [-0.05, 0) is 25.3 Å². The van der Waals surface area contributed by atoms with E-state index in [2.05, 4.69) is 0 Å². The van der Waals surface area contributed by atoms with E-state index in [1.54, 1.807) is 13.8 Å². The van der Waals surface area contributed by atoms with E-state index in [4.69, 9.17) is 9.84 Å². The summed E-state index contributed by atoms with van der Waals surface area (Å²) in [6.07, 6.45) is 0. The summed E-state index contributed by atoms with van der Waals surface area (Å²) < 4.78 is 5.66. The maximum absolute atomic E-state index is 11.0. The van der Waals surface area contributed by atoms with Crippen molar-refractivity contribution in [3.8, 4) is 5.75 Å². The molecule has 18 heavy (non-hydrogen) atoms. The van der Waals surface area contributed by atoms with Crippen molar-refractivity contribution in [1.82, 2.24) is 0 Å². The Morgan fingerprint density at radius 2 is 1.83 bits per heavy atom. The molecule has 94 valence electrons. The summed E-state index contributed by atoms with van der Waals surface area (Å²) in [6, 6.07) is 13.7. The molecule has 0 aliphatic carbocycles. The van der Waals surface area contributed by atoms with Crippen molar-refractivity contribution >= 4 is 16.7 Å². The Morgan fingerprint density at radius 1 is 1.17 bits per heavy atom. The Balaban J connectivity index is 2.25. The predicted molar refractivity (Wildman–Crippen MR) is 70.9 cm³/mol. The molecule has 0 saturated carbocycles. The van der Waals surface area contributed by atoms with Crippen molar-refractivity contribution in [3.05, 3.63) is 42.5 Å². The number of aliphatic carboxylic acids is 1. The fraction of sp³-hybridized carbons (Fsp3) is 0.267. The SMILES string of the molecule is CC(C)(COc1cccc2ccccc12)C(=O)O. The van der Waals surface area contributed by atoms with Gasteiger partial charge in [-0.2, -0.15) is 0 Å². The average Bonchev–Trinajstić information content (AvgIpc) is 2.36. The predicted octanol–water partition coefficient (Wildman–Crippen LogP) is 3.33. The molecule has 0 radical (unpaired) electrons. The maximum Gasteiger partial charge on any atom is 0.312 e. The first-order chi connectivity index (χ1) is 8.50. The van der Waals surface area contributed by atoms with Crippen LogP contribution in [0.25, 0.3) is 10.8 Å². The van der Waals surface area contributed by atoms with Crippen molar-refractivity contribution < 1.29 is 14.6 Å². The Bertz CT molecular complexity index is 567. The molecule has 0 aliphatic rings. The molecule has 0 aromatic heterocycles. The largest absolute Gasteiger partial charge is 0.492 e. The van der Waals surface area contributed by atoms with Gasteiger partial charge in [0.1, 0.15) is 12.4 Å². The Kier molecular flexibility index (Phi) is 3.24. The number of hydrogen-bond acceptors (Lipinski definition) is 2. The summed E-state index contributed by atoms with van der Waals surface area (Å²) in [5.41, 5.74) is -0.892. The van der Waals surface area contributed by atoms with Crippen molar-refractivity contribution in [2.45, 2.75) is 13.8 Å². The van der Waals surface area contributed by atoms with Crippen molar-refractivity contribution in [3.63, 3.8) is 0 Å². The second-order valence-corrected chi connectivity index (χ2v) is 4.95. The van der Waals surface area contributed by atoms with Gasteiger partial charge in [-0.25, -0.2) is 0 Å². The highest BCUT2D eigenvalue weighted by molar-refractivity contribution is 5.88. The van der Waals surface area contributed by atoms with Crippen LogP contribution >= 0.6 is 0 Å². The van der Waals surface area contributed by atoms with Gasteiger partial charge in [0.05, 0.1) is 5.41 Å². The summed E-state index contributed by atoms with van der Waals surface area (Å²) >= 11 is 0. The second-order valence-electron chi connectivity index (χ2n) is 4.95. The van der Waals surface area contributed by atoms with Crippen LogP contribution < -0.4 is 4.74 Å². The van der Waals surface area contributed by atoms with Crippen LogP contribution in [0.3, 0.4) is 0 Å². The number of carboxylic acids is 1. The lowest BCUT2D eigenvalue weighted by Crippen LogP contribution is -2.30. The van der Waals surface area contributed by atoms with Gasteiger partial charge < -0.3 is 9.84 Å². The third-order valence-corrected chi connectivity index (χ3v) is 2.92. The molecule has 0 bridgehead atoms. The third kappa shape index (κ3) is 2.45. The number of ether oxygens (including phenoxy) is 1. The third-order valence-electron chi connectivity index (χ3n) is 2.92. The van der Waals surface area contributed by atoms with Gasteiger partial charge >= 0.3 is 5.97 Å². The first-order valence-corrected chi connectivity index (χ1v) is 5.85. The number of benzene rings is 2. The van der Waals surface area contributed by atoms with Crippen LogP contribution in [0.1, 0.15) is 13.8 Å². The fourth-order valence-corrected chi connectivity index (χ4v) is 1.64. The molecular formula is C15H16O3. The van der Waals surface area contributed by atoms with Crippen molar-refractivity contribution in [2.24, 2.45) is 5.41 Å². The van der Waals surface area contributed by atoms with Crippen LogP contribution in [0.5, 0.6) is 5.75 Å². The lowest BCUT2D eigenvalue weighted by Gasteiger charge is -2.20. The molecular weight excluding hydrogens is 228 g/mol. The zero-order valence-electron chi connectivity index (χ0n) is 10.5. The number of carboxylic acid groups (broad SMARTS) is 1. The van der Waals surface area contributed by atoms with Crippen LogP contribution in [-0.4, -0.2) is 17.7 Å². The smallest absolute Gasteiger partial charge is 0.312 e. The average molecular weight is 244 g/mol. The highest BCUT2D eigenvalue weighted by Gasteiger charge is 2.28. The number of carbonyl (C=O) groups is 1. The van der Waals surface area contributed by atoms with E-state index in [0.717, 1.165) is 16.5 Å². The summed E-state index contributed by atoms with van der Waals surface area (Å²) in [4.78, 5) is 11.0. The number of hydrogen-bond donors (Lipinski definition) is 1. The van der Waals surface area contributed by atoms with Gasteiger partial charge in [-0.3, -0.25) is 4.79 Å². The van der Waals surface area contributed by atoms with Crippen LogP contribution in [0, 0.1) is 5.41 Å². The molecule has 2 rings (SSSR count). The number of rotatable bonds is 4. The standard InChI is InChI=1S/C15H16O3/c1-15(2,14(16)17)10-18-13-9-5-7-11-6-3-4-8-12(11)13/h3-9H,10H2,1-2H3,(H,16,17). The molecule has 0 heterocycles. The van der Waals surface area contributed by atoms with Crippen LogP contribution in [0.15, 0.2) is 42.5 Å². The van der Waals surface area contributed by atoms with Crippen LogP contribution in [0.4, 0.5) is 0 Å². The molecule has 0 saturated heterocycles. The molecule has 3 nitrogen and oxygen atoms in total. The molecule has 0 fully saturated rings. The highest BCUT2D eigenvalue weighted by atomic mass is 16.5. The molecule has 2 aromatic carbocycles. The zero-order chi connectivity index (χ0) is 13.2. The van der Waals surface area contributed by atoms with Crippen molar-refractivity contribution in [1.29, 1.82) is 0 Å². The minimum atomic E-state index is -0.892. The van der Waals surface area contributed by atoms with Gasteiger partial charge in [0.2, 0.25) is 0 Å². The summed E-state index contributed by atoms with van der Waals surface area (Å²) in [6.45, 7) is 3.46. The monoisotopic (exact) mass is 244 g/mol. The molecule has 0 spiro atoms. The van der Waals surface area contributed by atoms with Gasteiger partial charge in [-0.15, -0.1) is 0 Å². The second kappa shape index (κ2) is 4.69. The Hall–Kier alpha value is -2.03. The van der Waals surface area contributed by atoms with E-state index < -0.39 is 11.4 Å². The molecule has 0 atom stereocenters. The molecule has 2 aromatic rings. The molecule has 0 amide bonds. The Labute approximate surface area is 106 Å². The lowest BCUT2D eigenvalue weighted by molar-refractivity contribution is -0.148. The molecule has 0 unspecified atom stereocenters. The van der Waals surface area contributed by atoms with Crippen LogP contribution in [0.2, 0.25) is 0 Å². The van der Waals surface area contributed by atoms with E-state index >= 15 is 0 Å². The van der Waals surface area contributed by atoms with E-state index in [0.29, 0.717) is 0 Å². The zero-order valence-corrected chi connectivity index (χ0v) is 10.5. The van der Waals surface area contributed by atoms with E-state index in [-0.39, 0.29) is 6.61 Å². The first kappa shape index (κ1) is 12.4. The minimum absolute atomic E-state index is 0.149. The van der Waals surface area contributed by atoms with Crippen LogP contribution in [-0.2, 0) is 4.79 Å². The van der Waals surface area contributed by atoms with Crippen molar-refractivity contribution in [2.75, 3.05) is 6.61 Å². The molecule has 1 N–H and O–H groups in total. The van der Waals surface area contributed by atoms with Gasteiger partial charge in [0.25, 0.3) is 0 Å². The Morgan fingerprint density at radius 3 is 2.56 bits per heavy atom. The minimum Gasteiger partial charge on any atom is -0.492 e. The topological polar surface area (TPSA) is 46.5 Å². The van der Waals surface area contributed by atoms with E-state index in [1.165, 1.54) is 0 Å². The summed E-state index contributed by atoms with van der Waals surface area (Å²) in [5, 5.41) is 11.1. The van der Waals surface area contributed by atoms with E-state index in [9.17, 15) is 4.79 Å². The van der Waals surface area contributed by atoms with Gasteiger partial charge in [-0.1, -0.05) is 36.4 Å². The normalized spacial score (nSPS) is 11.4. The lowest BCUT2D eigenvalue weighted by atomic mass is 9.95. The molecule has 3 heteroatoms.